The second kappa shape index (κ2) is 7.91. The number of nitro groups is 2. The summed E-state index contributed by atoms with van der Waals surface area (Å²) in [5, 5.41) is 21.8. The maximum absolute atomic E-state index is 11.0. The standard InChI is InChI=1S/C18H13N3O6/c22-20(23)14-4-1-3-13(11-14)12-26-15-6-8-16(9-7-15)27-18-17(21(24)25)5-2-10-19-18/h1-11H,12H2. The molecular formula is C18H13N3O6. The Morgan fingerprint density at radius 1 is 0.889 bits per heavy atom. The lowest BCUT2D eigenvalue weighted by Crippen LogP contribution is -1.97. The van der Waals surface area contributed by atoms with Crippen LogP contribution in [0.3, 0.4) is 0 Å². The van der Waals surface area contributed by atoms with Crippen molar-refractivity contribution in [1.82, 2.24) is 4.98 Å². The van der Waals surface area contributed by atoms with E-state index in [1.807, 2.05) is 0 Å². The topological polar surface area (TPSA) is 118 Å². The smallest absolute Gasteiger partial charge is 0.331 e. The predicted octanol–water partition coefficient (Wildman–Crippen LogP) is 4.27. The van der Waals surface area contributed by atoms with Gasteiger partial charge in [0.1, 0.15) is 18.1 Å². The van der Waals surface area contributed by atoms with Gasteiger partial charge in [-0.2, -0.15) is 0 Å². The summed E-state index contributed by atoms with van der Waals surface area (Å²) in [7, 11) is 0. The number of benzene rings is 2. The third-order valence-corrected chi connectivity index (χ3v) is 3.51. The number of rotatable bonds is 7. The first-order valence-electron chi connectivity index (χ1n) is 7.76. The molecule has 27 heavy (non-hydrogen) atoms. The van der Waals surface area contributed by atoms with Crippen LogP contribution in [0.5, 0.6) is 17.4 Å². The molecule has 1 heterocycles. The monoisotopic (exact) mass is 367 g/mol. The van der Waals surface area contributed by atoms with Crippen LogP contribution < -0.4 is 9.47 Å². The van der Waals surface area contributed by atoms with Gasteiger partial charge in [-0.3, -0.25) is 20.2 Å². The number of non-ortho nitro benzene ring substituents is 1. The summed E-state index contributed by atoms with van der Waals surface area (Å²) in [6, 6.07) is 15.3. The van der Waals surface area contributed by atoms with Crippen LogP contribution in [0, 0.1) is 20.2 Å². The molecule has 9 heteroatoms. The van der Waals surface area contributed by atoms with E-state index < -0.39 is 9.85 Å². The van der Waals surface area contributed by atoms with Crippen LogP contribution >= 0.6 is 0 Å². The molecule has 3 aromatic rings. The molecule has 0 N–H and O–H groups in total. The van der Waals surface area contributed by atoms with E-state index in [0.717, 1.165) is 0 Å². The third-order valence-electron chi connectivity index (χ3n) is 3.51. The van der Waals surface area contributed by atoms with E-state index in [0.29, 0.717) is 17.1 Å². The number of hydrogen-bond donors (Lipinski definition) is 0. The predicted molar refractivity (Wildman–Crippen MR) is 94.8 cm³/mol. The van der Waals surface area contributed by atoms with Crippen molar-refractivity contribution in [1.29, 1.82) is 0 Å². The lowest BCUT2D eigenvalue weighted by Gasteiger charge is -2.08. The van der Waals surface area contributed by atoms with E-state index in [1.54, 1.807) is 36.4 Å². The first-order valence-corrected chi connectivity index (χ1v) is 7.76. The molecule has 0 atom stereocenters. The van der Waals surface area contributed by atoms with Crippen molar-refractivity contribution in [3.63, 3.8) is 0 Å². The number of ether oxygens (including phenoxy) is 2. The van der Waals surface area contributed by atoms with Gasteiger partial charge >= 0.3 is 5.69 Å². The van der Waals surface area contributed by atoms with Gasteiger partial charge in [0, 0.05) is 24.4 Å². The van der Waals surface area contributed by atoms with Crippen molar-refractivity contribution in [2.24, 2.45) is 0 Å². The summed E-state index contributed by atoms with van der Waals surface area (Å²) < 4.78 is 11.0. The lowest BCUT2D eigenvalue weighted by atomic mass is 10.2. The van der Waals surface area contributed by atoms with E-state index >= 15 is 0 Å². The fourth-order valence-corrected chi connectivity index (χ4v) is 2.24. The molecule has 0 bridgehead atoms. The summed E-state index contributed by atoms with van der Waals surface area (Å²) in [6.07, 6.45) is 1.40. The van der Waals surface area contributed by atoms with E-state index in [-0.39, 0.29) is 23.9 Å². The van der Waals surface area contributed by atoms with E-state index in [2.05, 4.69) is 4.98 Å². The zero-order valence-electron chi connectivity index (χ0n) is 13.8. The lowest BCUT2D eigenvalue weighted by molar-refractivity contribution is -0.386. The second-order valence-corrected chi connectivity index (χ2v) is 5.37. The molecule has 9 nitrogen and oxygen atoms in total. The maximum atomic E-state index is 11.0. The molecular weight excluding hydrogens is 354 g/mol. The number of pyridine rings is 1. The van der Waals surface area contributed by atoms with Crippen LogP contribution in [-0.2, 0) is 6.61 Å². The van der Waals surface area contributed by atoms with Crippen molar-refractivity contribution in [2.75, 3.05) is 0 Å². The Kier molecular flexibility index (Phi) is 5.22. The first kappa shape index (κ1) is 17.8. The number of nitro benzene ring substituents is 1. The van der Waals surface area contributed by atoms with Gasteiger partial charge in [-0.1, -0.05) is 12.1 Å². The highest BCUT2D eigenvalue weighted by Crippen LogP contribution is 2.29. The highest BCUT2D eigenvalue weighted by atomic mass is 16.6. The molecule has 0 amide bonds. The van der Waals surface area contributed by atoms with Crippen LogP contribution in [0.4, 0.5) is 11.4 Å². The van der Waals surface area contributed by atoms with Crippen molar-refractivity contribution >= 4 is 11.4 Å². The SMILES string of the molecule is O=[N+]([O-])c1cccc(COc2ccc(Oc3ncccc3[N+](=O)[O-])cc2)c1. The fourth-order valence-electron chi connectivity index (χ4n) is 2.24. The number of nitrogens with zero attached hydrogens (tertiary/aromatic N) is 3. The van der Waals surface area contributed by atoms with Gasteiger partial charge in [-0.05, 0) is 35.9 Å². The van der Waals surface area contributed by atoms with Crippen molar-refractivity contribution in [3.8, 4) is 17.4 Å². The Hall–Kier alpha value is -4.01. The zero-order valence-corrected chi connectivity index (χ0v) is 13.8. The van der Waals surface area contributed by atoms with Gasteiger partial charge in [0.05, 0.1) is 9.85 Å². The van der Waals surface area contributed by atoms with Crippen LogP contribution in [0.25, 0.3) is 0 Å². The van der Waals surface area contributed by atoms with Crippen LogP contribution in [0.1, 0.15) is 5.56 Å². The first-order chi connectivity index (χ1) is 13.0. The van der Waals surface area contributed by atoms with E-state index in [9.17, 15) is 20.2 Å². The second-order valence-electron chi connectivity index (χ2n) is 5.37. The van der Waals surface area contributed by atoms with Gasteiger partial charge in [-0.15, -0.1) is 0 Å². The Morgan fingerprint density at radius 2 is 1.63 bits per heavy atom. The van der Waals surface area contributed by atoms with Gasteiger partial charge < -0.3 is 9.47 Å². The minimum Gasteiger partial charge on any atom is -0.489 e. The Labute approximate surface area is 153 Å². The highest BCUT2D eigenvalue weighted by molar-refractivity contribution is 5.43. The average molecular weight is 367 g/mol. The average Bonchev–Trinajstić information content (AvgIpc) is 2.68. The molecule has 1 aromatic heterocycles. The fraction of sp³-hybridized carbons (Fsp3) is 0.0556. The summed E-state index contributed by atoms with van der Waals surface area (Å²) in [5.74, 6) is 0.775. The molecule has 136 valence electrons. The normalized spacial score (nSPS) is 10.2. The van der Waals surface area contributed by atoms with Crippen LogP contribution in [0.2, 0.25) is 0 Å². The molecule has 0 fully saturated rings. The quantitative estimate of drug-likeness (QED) is 0.452. The summed E-state index contributed by atoms with van der Waals surface area (Å²) in [5.41, 5.74) is 0.425. The van der Waals surface area contributed by atoms with E-state index in [4.69, 9.17) is 9.47 Å². The van der Waals surface area contributed by atoms with Gasteiger partial charge in [0.15, 0.2) is 0 Å². The molecule has 0 aliphatic carbocycles. The van der Waals surface area contributed by atoms with Gasteiger partial charge in [-0.25, -0.2) is 4.98 Å². The molecule has 0 aliphatic heterocycles. The summed E-state index contributed by atoms with van der Waals surface area (Å²) in [6.45, 7) is 0.160. The molecule has 0 aliphatic rings. The largest absolute Gasteiger partial charge is 0.489 e. The molecule has 0 saturated heterocycles. The molecule has 2 aromatic carbocycles. The minimum atomic E-state index is -0.571. The van der Waals surface area contributed by atoms with Crippen molar-refractivity contribution in [2.45, 2.75) is 6.61 Å². The Bertz CT molecular complexity index is 975. The number of hydrogen-bond acceptors (Lipinski definition) is 7. The zero-order chi connectivity index (χ0) is 19.2. The Balaban J connectivity index is 1.65. The number of aromatic nitrogens is 1. The third kappa shape index (κ3) is 4.54. The Morgan fingerprint density at radius 3 is 2.33 bits per heavy atom. The molecule has 0 radical (unpaired) electrons. The molecule has 0 saturated carbocycles. The van der Waals surface area contributed by atoms with Crippen molar-refractivity contribution in [3.05, 3.63) is 92.7 Å². The van der Waals surface area contributed by atoms with Crippen LogP contribution in [0.15, 0.2) is 66.9 Å². The highest BCUT2D eigenvalue weighted by Gasteiger charge is 2.16. The maximum Gasteiger partial charge on any atom is 0.331 e. The molecule has 0 unspecified atom stereocenters. The van der Waals surface area contributed by atoms with Gasteiger partial charge in [0.25, 0.3) is 11.6 Å². The molecule has 0 spiro atoms. The minimum absolute atomic E-state index is 0.00296. The van der Waals surface area contributed by atoms with Crippen LogP contribution in [-0.4, -0.2) is 14.8 Å². The summed E-state index contributed by atoms with van der Waals surface area (Å²) >= 11 is 0. The van der Waals surface area contributed by atoms with Crippen molar-refractivity contribution < 1.29 is 19.3 Å². The van der Waals surface area contributed by atoms with E-state index in [1.165, 1.54) is 30.5 Å². The summed E-state index contributed by atoms with van der Waals surface area (Å²) in [4.78, 5) is 24.6. The molecule has 3 rings (SSSR count). The van der Waals surface area contributed by atoms with Gasteiger partial charge in [0.2, 0.25) is 0 Å².